The Morgan fingerprint density at radius 3 is 2.49 bits per heavy atom. The van der Waals surface area contributed by atoms with Crippen LogP contribution in [0, 0.1) is 23.0 Å². The largest absolute Gasteiger partial charge is 0.454 e. The van der Waals surface area contributed by atoms with Gasteiger partial charge in [-0.05, 0) is 75.2 Å². The average Bonchev–Trinajstić information content (AvgIpc) is 3.41. The molecule has 0 spiro atoms. The van der Waals surface area contributed by atoms with Gasteiger partial charge in [-0.2, -0.15) is 9.65 Å². The van der Waals surface area contributed by atoms with Crippen molar-refractivity contribution in [3.8, 4) is 23.3 Å². The van der Waals surface area contributed by atoms with E-state index in [2.05, 4.69) is 20.9 Å². The van der Waals surface area contributed by atoms with Crippen LogP contribution in [-0.4, -0.2) is 98.8 Å². The minimum atomic E-state index is -1.10. The molecular formula is C37H40F2N8O4. The number of piperazine rings is 1. The van der Waals surface area contributed by atoms with Gasteiger partial charge in [-0.1, -0.05) is 6.07 Å². The van der Waals surface area contributed by atoms with Crippen LogP contribution in [0.15, 0.2) is 71.2 Å². The van der Waals surface area contributed by atoms with Gasteiger partial charge in [0.2, 0.25) is 5.82 Å². The molecule has 3 saturated heterocycles. The van der Waals surface area contributed by atoms with Gasteiger partial charge in [0.1, 0.15) is 28.7 Å². The summed E-state index contributed by atoms with van der Waals surface area (Å²) in [4.78, 5) is 38.8. The van der Waals surface area contributed by atoms with Crippen LogP contribution in [0.5, 0.6) is 11.5 Å². The van der Waals surface area contributed by atoms with Crippen molar-refractivity contribution in [2.75, 3.05) is 58.2 Å². The third-order valence-electron chi connectivity index (χ3n) is 10.2. The first kappa shape index (κ1) is 34.4. The maximum atomic E-state index is 14.3. The van der Waals surface area contributed by atoms with Crippen LogP contribution in [-0.2, 0) is 9.53 Å². The summed E-state index contributed by atoms with van der Waals surface area (Å²) >= 11 is 0. The lowest BCUT2D eigenvalue weighted by molar-refractivity contribution is -0.128. The number of piperidine rings is 1. The van der Waals surface area contributed by atoms with E-state index in [0.717, 1.165) is 45.5 Å². The van der Waals surface area contributed by atoms with Crippen LogP contribution in [0.2, 0.25) is 0 Å². The number of ether oxygens (including phenoxy) is 2. The van der Waals surface area contributed by atoms with Crippen LogP contribution < -0.4 is 16.2 Å². The topological polar surface area (TPSA) is 135 Å². The smallest absolute Gasteiger partial charge is 0.334 e. The van der Waals surface area contributed by atoms with Crippen LogP contribution in [0.1, 0.15) is 32.7 Å². The minimum absolute atomic E-state index is 0.0825. The predicted octanol–water partition coefficient (Wildman–Crippen LogP) is 4.25. The number of pyridine rings is 1. The lowest BCUT2D eigenvalue weighted by Crippen LogP contribution is -2.59. The van der Waals surface area contributed by atoms with Gasteiger partial charge in [-0.15, -0.1) is 0 Å². The van der Waals surface area contributed by atoms with Gasteiger partial charge < -0.3 is 20.1 Å². The van der Waals surface area contributed by atoms with E-state index in [0.29, 0.717) is 42.1 Å². The number of carbonyl (C=O) groups is 1. The number of nitrogens with two attached hydrogens (primary N) is 1. The summed E-state index contributed by atoms with van der Waals surface area (Å²) < 4.78 is 41.9. The van der Waals surface area contributed by atoms with Crippen molar-refractivity contribution in [1.29, 1.82) is 5.26 Å². The summed E-state index contributed by atoms with van der Waals surface area (Å²) in [6, 6.07) is 14.0. The summed E-state index contributed by atoms with van der Waals surface area (Å²) in [6.07, 6.45) is 4.58. The molecule has 51 heavy (non-hydrogen) atoms. The molecule has 3 aliphatic rings. The van der Waals surface area contributed by atoms with Crippen LogP contribution in [0.25, 0.3) is 16.7 Å². The van der Waals surface area contributed by atoms with Gasteiger partial charge in [-0.25, -0.2) is 14.2 Å². The summed E-state index contributed by atoms with van der Waals surface area (Å²) in [5.41, 5.74) is 6.95. The van der Waals surface area contributed by atoms with E-state index in [4.69, 9.17) is 15.2 Å². The molecule has 1 atom stereocenters. The first-order valence-electron chi connectivity index (χ1n) is 17.1. The SMILES string of the molecule is CC(C)(/C=C(\C#N)C(=O)N1CCC[C@@H](n2c(=O)n(-c3ccc(Oc4cccc(F)c4F)cc3)c3c(N)nccc32)C1)N1CCN(C2COC2)CC1. The van der Waals surface area contributed by atoms with Crippen molar-refractivity contribution in [2.45, 2.75) is 44.3 Å². The van der Waals surface area contributed by atoms with Gasteiger partial charge in [0.05, 0.1) is 36.5 Å². The molecule has 4 aromatic rings. The summed E-state index contributed by atoms with van der Waals surface area (Å²) in [7, 11) is 0. The molecule has 7 rings (SSSR count). The quantitative estimate of drug-likeness (QED) is 0.212. The van der Waals surface area contributed by atoms with Gasteiger partial charge in [0.25, 0.3) is 5.91 Å². The Balaban J connectivity index is 1.12. The van der Waals surface area contributed by atoms with Crippen molar-refractivity contribution >= 4 is 22.8 Å². The Kier molecular flexibility index (Phi) is 9.36. The van der Waals surface area contributed by atoms with Gasteiger partial charge in [-0.3, -0.25) is 23.7 Å². The average molecular weight is 699 g/mol. The number of anilines is 1. The van der Waals surface area contributed by atoms with E-state index in [9.17, 15) is 23.6 Å². The summed E-state index contributed by atoms with van der Waals surface area (Å²) in [6.45, 7) is 9.76. The Hall–Kier alpha value is -5.10. The zero-order valence-corrected chi connectivity index (χ0v) is 28.6. The molecular weight excluding hydrogens is 658 g/mol. The molecule has 0 bridgehead atoms. The van der Waals surface area contributed by atoms with Crippen molar-refractivity contribution in [1.82, 2.24) is 28.8 Å². The number of likely N-dealkylation sites (tertiary alicyclic amines) is 1. The Labute approximate surface area is 293 Å². The molecule has 3 aliphatic heterocycles. The highest BCUT2D eigenvalue weighted by atomic mass is 19.2. The van der Waals surface area contributed by atoms with E-state index in [1.807, 2.05) is 13.8 Å². The maximum absolute atomic E-state index is 14.3. The first-order valence-corrected chi connectivity index (χ1v) is 17.1. The fourth-order valence-corrected chi connectivity index (χ4v) is 7.34. The molecule has 12 nitrogen and oxygen atoms in total. The van der Waals surface area contributed by atoms with E-state index >= 15 is 0 Å². The van der Waals surface area contributed by atoms with Gasteiger partial charge in [0.15, 0.2) is 11.6 Å². The van der Waals surface area contributed by atoms with Gasteiger partial charge in [0, 0.05) is 51.0 Å². The van der Waals surface area contributed by atoms with Crippen LogP contribution in [0.3, 0.4) is 0 Å². The number of amides is 1. The Morgan fingerprint density at radius 1 is 1.06 bits per heavy atom. The molecule has 266 valence electrons. The second kappa shape index (κ2) is 13.9. The van der Waals surface area contributed by atoms with E-state index in [-0.39, 0.29) is 41.0 Å². The number of fused-ring (bicyclic) bond motifs is 1. The molecule has 1 amide bonds. The number of aromatic nitrogens is 3. The number of nitrogen functional groups attached to an aromatic ring is 1. The number of nitriles is 1. The van der Waals surface area contributed by atoms with E-state index in [1.165, 1.54) is 22.9 Å². The summed E-state index contributed by atoms with van der Waals surface area (Å²) in [5.74, 6) is -2.37. The van der Waals surface area contributed by atoms with E-state index in [1.54, 1.807) is 45.9 Å². The Morgan fingerprint density at radius 2 is 1.80 bits per heavy atom. The molecule has 5 heterocycles. The second-order valence-corrected chi connectivity index (χ2v) is 13.8. The van der Waals surface area contributed by atoms with Gasteiger partial charge >= 0.3 is 5.69 Å². The lowest BCUT2D eigenvalue weighted by Gasteiger charge is -2.46. The molecule has 0 saturated carbocycles. The molecule has 2 aromatic carbocycles. The summed E-state index contributed by atoms with van der Waals surface area (Å²) in [5, 5.41) is 10.2. The molecule has 2 aromatic heterocycles. The molecule has 0 aliphatic carbocycles. The van der Waals surface area contributed by atoms with E-state index < -0.39 is 23.2 Å². The number of nitrogens with zero attached hydrogens (tertiary/aromatic N) is 7. The highest BCUT2D eigenvalue weighted by Gasteiger charge is 2.35. The number of halogens is 2. The van der Waals surface area contributed by atoms with Crippen molar-refractivity contribution in [3.05, 3.63) is 88.5 Å². The molecule has 0 radical (unpaired) electrons. The fourth-order valence-electron chi connectivity index (χ4n) is 7.34. The lowest BCUT2D eigenvalue weighted by atomic mass is 9.96. The highest BCUT2D eigenvalue weighted by molar-refractivity contribution is 5.97. The highest BCUT2D eigenvalue weighted by Crippen LogP contribution is 2.31. The van der Waals surface area contributed by atoms with Crippen molar-refractivity contribution in [2.24, 2.45) is 0 Å². The molecule has 14 heteroatoms. The number of hydrogen-bond acceptors (Lipinski definition) is 9. The number of carbonyl (C=O) groups excluding carboxylic acids is 1. The maximum Gasteiger partial charge on any atom is 0.334 e. The number of rotatable bonds is 8. The third-order valence-corrected chi connectivity index (χ3v) is 10.2. The first-order chi connectivity index (χ1) is 24.6. The normalized spacial score (nSPS) is 19.5. The zero-order valence-electron chi connectivity index (χ0n) is 28.6. The molecule has 3 fully saturated rings. The number of hydrogen-bond donors (Lipinski definition) is 1. The van der Waals surface area contributed by atoms with Crippen molar-refractivity contribution in [3.63, 3.8) is 0 Å². The second-order valence-electron chi connectivity index (χ2n) is 13.8. The number of benzene rings is 2. The fraction of sp³-hybridized carbons (Fsp3) is 0.405. The Bertz CT molecular complexity index is 2070. The zero-order chi connectivity index (χ0) is 35.9. The van der Waals surface area contributed by atoms with Crippen LogP contribution in [0.4, 0.5) is 14.6 Å². The standard InChI is InChI=1S/C37H40F2N8O4/c1-37(2,45-17-15-43(16-18-45)27-22-50-23-27)19-24(20-40)35(48)44-14-4-5-26(21-44)46-30-12-13-42-34(41)33(30)47(36(46)49)25-8-10-28(11-9-25)51-31-7-3-6-29(38)32(31)39/h3,6-13,19,26-27H,4-5,14-18,21-23H2,1-2H3,(H2,41,42)/b24-19+/t26-/m1/s1. The molecule has 0 unspecified atom stereocenters. The minimum Gasteiger partial charge on any atom is -0.454 e. The predicted molar refractivity (Wildman–Crippen MR) is 187 cm³/mol. The van der Waals surface area contributed by atoms with Crippen molar-refractivity contribution < 1.29 is 23.0 Å². The monoisotopic (exact) mass is 698 g/mol. The van der Waals surface area contributed by atoms with Crippen LogP contribution >= 0.6 is 0 Å². The molecule has 2 N–H and O–H groups in total. The third kappa shape index (κ3) is 6.60. The number of imidazole rings is 1.